The van der Waals surface area contributed by atoms with Crippen LogP contribution in [-0.4, -0.2) is 26.2 Å². The number of hydrogen-bond acceptors (Lipinski definition) is 4. The summed E-state index contributed by atoms with van der Waals surface area (Å²) in [6.07, 6.45) is 1.38. The van der Waals surface area contributed by atoms with Crippen LogP contribution < -0.4 is 0 Å². The molecule has 1 fully saturated rings. The maximum absolute atomic E-state index is 12.8. The molecule has 94 valence electrons. The summed E-state index contributed by atoms with van der Waals surface area (Å²) in [5.74, 6) is -1.17. The van der Waals surface area contributed by atoms with Crippen molar-refractivity contribution in [1.29, 1.82) is 5.26 Å². The first kappa shape index (κ1) is 12.7. The first-order valence-electron chi connectivity index (χ1n) is 5.18. The molecule has 18 heavy (non-hydrogen) atoms. The molecule has 0 amide bonds. The highest BCUT2D eigenvalue weighted by Gasteiger charge is 2.71. The summed E-state index contributed by atoms with van der Waals surface area (Å²) in [4.78, 5) is 11.1. The highest BCUT2D eigenvalue weighted by Crippen LogP contribution is 2.61. The first-order valence-corrected chi connectivity index (χ1v) is 7.14. The number of carbonyl (C=O) groups excluding carboxylic acids is 1. The van der Waals surface area contributed by atoms with Crippen molar-refractivity contribution in [2.45, 2.75) is 11.2 Å². The lowest BCUT2D eigenvalue weighted by molar-refractivity contribution is -0.110. The van der Waals surface area contributed by atoms with E-state index in [1.165, 1.54) is 24.3 Å². The summed E-state index contributed by atoms with van der Waals surface area (Å²) in [5.41, 5.74) is -1.05. The molecule has 1 aliphatic carbocycles. The van der Waals surface area contributed by atoms with Crippen molar-refractivity contribution in [2.24, 2.45) is 5.41 Å². The number of carbonyl (C=O) groups is 1. The van der Waals surface area contributed by atoms with Crippen LogP contribution in [0.4, 0.5) is 4.39 Å². The number of hydrogen-bond donors (Lipinski definition) is 0. The summed E-state index contributed by atoms with van der Waals surface area (Å²) in [5, 5.41) is 8.01. The minimum Gasteiger partial charge on any atom is -0.302 e. The molecule has 1 aliphatic rings. The SMILES string of the molecule is CS(=O)(=O)[C@@H]1[C@H](c2ccc(F)cc2)[C@@]1(C#N)C=O. The van der Waals surface area contributed by atoms with E-state index in [0.29, 0.717) is 11.8 Å². The minimum absolute atomic E-state index is 0.382. The van der Waals surface area contributed by atoms with Crippen LogP contribution in [0.15, 0.2) is 24.3 Å². The number of rotatable bonds is 3. The molecule has 1 aromatic carbocycles. The molecule has 6 heteroatoms. The van der Waals surface area contributed by atoms with Crippen molar-refractivity contribution in [3.05, 3.63) is 35.6 Å². The second-order valence-electron chi connectivity index (χ2n) is 4.44. The highest BCUT2D eigenvalue weighted by molar-refractivity contribution is 7.91. The van der Waals surface area contributed by atoms with Crippen LogP contribution in [0.5, 0.6) is 0 Å². The molecule has 0 spiro atoms. The van der Waals surface area contributed by atoms with E-state index in [4.69, 9.17) is 5.26 Å². The smallest absolute Gasteiger partial charge is 0.153 e. The second kappa shape index (κ2) is 3.89. The van der Waals surface area contributed by atoms with Crippen LogP contribution in [-0.2, 0) is 14.6 Å². The summed E-state index contributed by atoms with van der Waals surface area (Å²) in [7, 11) is -3.52. The lowest BCUT2D eigenvalue weighted by Gasteiger charge is -1.99. The number of nitrogens with zero attached hydrogens (tertiary/aromatic N) is 1. The van der Waals surface area contributed by atoms with Crippen LogP contribution in [0.25, 0.3) is 0 Å². The zero-order chi connectivity index (χ0) is 13.6. The van der Waals surface area contributed by atoms with E-state index in [1.54, 1.807) is 6.07 Å². The lowest BCUT2D eigenvalue weighted by atomic mass is 10.0. The summed E-state index contributed by atoms with van der Waals surface area (Å²) < 4.78 is 36.0. The third-order valence-corrected chi connectivity index (χ3v) is 4.84. The van der Waals surface area contributed by atoms with Gasteiger partial charge in [-0.2, -0.15) is 5.26 Å². The van der Waals surface area contributed by atoms with E-state index in [9.17, 15) is 17.6 Å². The van der Waals surface area contributed by atoms with E-state index >= 15 is 0 Å². The Labute approximate surface area is 104 Å². The Balaban J connectivity index is 2.49. The molecule has 0 aliphatic heterocycles. The third-order valence-electron chi connectivity index (χ3n) is 3.26. The molecule has 0 radical (unpaired) electrons. The van der Waals surface area contributed by atoms with Crippen LogP contribution in [0.2, 0.25) is 0 Å². The van der Waals surface area contributed by atoms with Gasteiger partial charge in [0.05, 0.1) is 11.3 Å². The zero-order valence-electron chi connectivity index (χ0n) is 9.50. The molecular formula is C12H10FNO3S. The summed E-state index contributed by atoms with van der Waals surface area (Å²) in [6.45, 7) is 0. The quantitative estimate of drug-likeness (QED) is 0.767. The summed E-state index contributed by atoms with van der Waals surface area (Å²) in [6, 6.07) is 6.95. The lowest BCUT2D eigenvalue weighted by Crippen LogP contribution is -2.14. The van der Waals surface area contributed by atoms with Crippen molar-refractivity contribution in [3.63, 3.8) is 0 Å². The molecule has 0 bridgehead atoms. The molecule has 0 aromatic heterocycles. The molecule has 4 nitrogen and oxygen atoms in total. The number of sulfone groups is 1. The van der Waals surface area contributed by atoms with Crippen LogP contribution in [0, 0.1) is 22.6 Å². The number of aldehydes is 1. The fraction of sp³-hybridized carbons (Fsp3) is 0.333. The minimum atomic E-state index is -3.52. The zero-order valence-corrected chi connectivity index (χ0v) is 10.3. The number of benzene rings is 1. The molecule has 1 saturated carbocycles. The van der Waals surface area contributed by atoms with E-state index in [2.05, 4.69) is 0 Å². The second-order valence-corrected chi connectivity index (χ2v) is 6.61. The van der Waals surface area contributed by atoms with Crippen LogP contribution in [0.1, 0.15) is 11.5 Å². The van der Waals surface area contributed by atoms with Crippen molar-refractivity contribution < 1.29 is 17.6 Å². The highest BCUT2D eigenvalue weighted by atomic mass is 32.2. The molecule has 2 rings (SSSR count). The molecular weight excluding hydrogens is 257 g/mol. The predicted molar refractivity (Wildman–Crippen MR) is 61.9 cm³/mol. The van der Waals surface area contributed by atoms with Gasteiger partial charge in [0.2, 0.25) is 0 Å². The van der Waals surface area contributed by atoms with E-state index in [-0.39, 0.29) is 0 Å². The largest absolute Gasteiger partial charge is 0.302 e. The maximum atomic E-state index is 12.8. The fourth-order valence-electron chi connectivity index (χ4n) is 2.40. The average Bonchev–Trinajstić information content (AvgIpc) is 3.00. The Hall–Kier alpha value is -1.74. The van der Waals surface area contributed by atoms with Gasteiger partial charge in [0.1, 0.15) is 17.5 Å². The average molecular weight is 267 g/mol. The van der Waals surface area contributed by atoms with Gasteiger partial charge in [0.15, 0.2) is 9.84 Å². The van der Waals surface area contributed by atoms with Gasteiger partial charge in [-0.1, -0.05) is 12.1 Å². The van der Waals surface area contributed by atoms with Crippen molar-refractivity contribution in [2.75, 3.05) is 6.26 Å². The van der Waals surface area contributed by atoms with Gasteiger partial charge in [-0.3, -0.25) is 0 Å². The molecule has 0 unspecified atom stereocenters. The Bertz CT molecular complexity index is 632. The van der Waals surface area contributed by atoms with Gasteiger partial charge in [0, 0.05) is 12.2 Å². The normalized spacial score (nSPS) is 30.5. The Kier molecular flexibility index (Phi) is 2.74. The van der Waals surface area contributed by atoms with Crippen molar-refractivity contribution in [3.8, 4) is 6.07 Å². The van der Waals surface area contributed by atoms with Gasteiger partial charge in [0.25, 0.3) is 0 Å². The van der Waals surface area contributed by atoms with E-state index in [0.717, 1.165) is 6.26 Å². The standard InChI is InChI=1S/C12H10FNO3S/c1-18(16,17)11-10(12(11,6-14)7-15)8-2-4-9(13)5-3-8/h2-5,7,10-11H,1H3/t10-,11+,12+/m0/s1. The Morgan fingerprint density at radius 2 is 1.94 bits per heavy atom. The first-order chi connectivity index (χ1) is 8.36. The fourth-order valence-corrected chi connectivity index (χ4v) is 4.16. The van der Waals surface area contributed by atoms with Crippen molar-refractivity contribution >= 4 is 16.1 Å². The number of nitriles is 1. The van der Waals surface area contributed by atoms with Crippen molar-refractivity contribution in [1.82, 2.24) is 0 Å². The summed E-state index contributed by atoms with van der Waals surface area (Å²) >= 11 is 0. The topological polar surface area (TPSA) is 75.0 Å². The Morgan fingerprint density at radius 3 is 2.28 bits per heavy atom. The third kappa shape index (κ3) is 1.71. The van der Waals surface area contributed by atoms with Gasteiger partial charge in [-0.05, 0) is 17.7 Å². The Morgan fingerprint density at radius 1 is 1.39 bits per heavy atom. The van der Waals surface area contributed by atoms with Crippen LogP contribution in [0.3, 0.4) is 0 Å². The molecule has 0 saturated heterocycles. The van der Waals surface area contributed by atoms with E-state index in [1.807, 2.05) is 0 Å². The maximum Gasteiger partial charge on any atom is 0.153 e. The van der Waals surface area contributed by atoms with Gasteiger partial charge in [-0.15, -0.1) is 0 Å². The molecule has 0 heterocycles. The molecule has 1 aromatic rings. The van der Waals surface area contributed by atoms with Gasteiger partial charge < -0.3 is 4.79 Å². The van der Waals surface area contributed by atoms with Gasteiger partial charge in [-0.25, -0.2) is 12.8 Å². The molecule has 3 atom stereocenters. The molecule has 0 N–H and O–H groups in total. The van der Waals surface area contributed by atoms with Gasteiger partial charge >= 0.3 is 0 Å². The van der Waals surface area contributed by atoms with Crippen LogP contribution >= 0.6 is 0 Å². The van der Waals surface area contributed by atoms with E-state index < -0.39 is 32.2 Å². The number of halogens is 1. The predicted octanol–water partition coefficient (Wildman–Crippen LogP) is 1.04. The monoisotopic (exact) mass is 267 g/mol.